The summed E-state index contributed by atoms with van der Waals surface area (Å²) in [5.74, 6) is 1.84. The molecule has 0 saturated carbocycles. The quantitative estimate of drug-likeness (QED) is 0.550. The summed E-state index contributed by atoms with van der Waals surface area (Å²) < 4.78 is 29.5. The van der Waals surface area contributed by atoms with E-state index in [1.54, 1.807) is 60.4 Å². The van der Waals surface area contributed by atoms with E-state index in [9.17, 15) is 8.42 Å². The molecule has 3 aromatic rings. The third-order valence-electron chi connectivity index (χ3n) is 3.41. The molecule has 0 saturated heterocycles. The Hall–Kier alpha value is -2.30. The van der Waals surface area contributed by atoms with Crippen molar-refractivity contribution in [2.45, 2.75) is 11.8 Å². The number of benzene rings is 1. The number of sulfonamides is 1. The number of hydrogen-bond acceptors (Lipinski definition) is 6. The molecular weight excluding hydrogens is 420 g/mol. The Morgan fingerprint density at radius 3 is 2.62 bits per heavy atom. The molecular formula is C16H17BrN6O2S. The number of rotatable bonds is 7. The Morgan fingerprint density at radius 1 is 1.15 bits per heavy atom. The van der Waals surface area contributed by atoms with Gasteiger partial charge in [0.1, 0.15) is 11.6 Å². The van der Waals surface area contributed by atoms with Crippen molar-refractivity contribution in [2.24, 2.45) is 0 Å². The van der Waals surface area contributed by atoms with E-state index in [0.717, 1.165) is 4.47 Å². The maximum atomic E-state index is 12.2. The summed E-state index contributed by atoms with van der Waals surface area (Å²) in [7, 11) is -3.54. The summed E-state index contributed by atoms with van der Waals surface area (Å²) in [5.41, 5.74) is 0. The minimum Gasteiger partial charge on any atom is -0.369 e. The number of nitrogens with one attached hydrogen (secondary N) is 2. The predicted octanol–water partition coefficient (Wildman–Crippen LogP) is 2.12. The van der Waals surface area contributed by atoms with Crippen LogP contribution in [0, 0.1) is 6.92 Å². The summed E-state index contributed by atoms with van der Waals surface area (Å²) in [4.78, 5) is 8.85. The molecule has 0 spiro atoms. The van der Waals surface area contributed by atoms with Gasteiger partial charge in [0.05, 0.1) is 4.90 Å². The molecule has 0 aliphatic heterocycles. The van der Waals surface area contributed by atoms with Crippen LogP contribution in [-0.4, -0.2) is 41.3 Å². The highest BCUT2D eigenvalue weighted by molar-refractivity contribution is 9.10. The van der Waals surface area contributed by atoms with Crippen molar-refractivity contribution in [1.82, 2.24) is 24.5 Å². The molecule has 2 N–H and O–H groups in total. The lowest BCUT2D eigenvalue weighted by Gasteiger charge is -2.10. The Bertz CT molecular complexity index is 974. The maximum Gasteiger partial charge on any atom is 0.240 e. The first-order valence-electron chi connectivity index (χ1n) is 7.79. The van der Waals surface area contributed by atoms with Crippen LogP contribution in [0.25, 0.3) is 5.82 Å². The van der Waals surface area contributed by atoms with Crippen molar-refractivity contribution in [3.63, 3.8) is 0 Å². The van der Waals surface area contributed by atoms with Crippen molar-refractivity contribution in [3.8, 4) is 5.82 Å². The lowest BCUT2D eigenvalue weighted by atomic mass is 10.4. The third-order valence-corrected chi connectivity index (χ3v) is 5.42. The maximum absolute atomic E-state index is 12.2. The van der Waals surface area contributed by atoms with Gasteiger partial charge >= 0.3 is 0 Å². The van der Waals surface area contributed by atoms with Crippen LogP contribution in [0.5, 0.6) is 0 Å². The van der Waals surface area contributed by atoms with Gasteiger partial charge in [-0.3, -0.25) is 0 Å². The summed E-state index contributed by atoms with van der Waals surface area (Å²) in [5, 5.41) is 7.24. The van der Waals surface area contributed by atoms with E-state index in [1.165, 1.54) is 0 Å². The summed E-state index contributed by atoms with van der Waals surface area (Å²) in [6, 6.07) is 10.0. The average molecular weight is 437 g/mol. The zero-order chi connectivity index (χ0) is 18.6. The molecule has 0 unspecified atom stereocenters. The van der Waals surface area contributed by atoms with E-state index in [4.69, 9.17) is 0 Å². The topological polar surface area (TPSA) is 102 Å². The first-order valence-corrected chi connectivity index (χ1v) is 10.1. The van der Waals surface area contributed by atoms with Crippen molar-refractivity contribution < 1.29 is 8.42 Å². The van der Waals surface area contributed by atoms with Gasteiger partial charge in [-0.1, -0.05) is 15.9 Å². The highest BCUT2D eigenvalue weighted by Gasteiger charge is 2.12. The van der Waals surface area contributed by atoms with Gasteiger partial charge in [-0.05, 0) is 37.3 Å². The molecule has 8 nitrogen and oxygen atoms in total. The van der Waals surface area contributed by atoms with Crippen molar-refractivity contribution in [3.05, 3.63) is 59.1 Å². The minimum absolute atomic E-state index is 0.221. The van der Waals surface area contributed by atoms with Gasteiger partial charge in [0.25, 0.3) is 0 Å². The summed E-state index contributed by atoms with van der Waals surface area (Å²) in [6.45, 7) is 2.39. The fourth-order valence-corrected chi connectivity index (χ4v) is 3.53. The Balaban J connectivity index is 1.59. The van der Waals surface area contributed by atoms with Crippen LogP contribution in [-0.2, 0) is 10.0 Å². The van der Waals surface area contributed by atoms with E-state index < -0.39 is 10.0 Å². The normalized spacial score (nSPS) is 11.5. The first-order chi connectivity index (χ1) is 12.4. The second-order valence-electron chi connectivity index (χ2n) is 5.39. The molecule has 3 rings (SSSR count). The zero-order valence-electron chi connectivity index (χ0n) is 13.9. The van der Waals surface area contributed by atoms with Crippen LogP contribution < -0.4 is 10.0 Å². The second kappa shape index (κ2) is 7.94. The minimum atomic E-state index is -3.54. The van der Waals surface area contributed by atoms with Crippen LogP contribution in [0.3, 0.4) is 0 Å². The van der Waals surface area contributed by atoms with Gasteiger partial charge in [-0.2, -0.15) is 5.10 Å². The fourth-order valence-electron chi connectivity index (χ4n) is 2.24. The van der Waals surface area contributed by atoms with Gasteiger partial charge in [0, 0.05) is 36.0 Å². The molecule has 2 heterocycles. The second-order valence-corrected chi connectivity index (χ2v) is 8.07. The van der Waals surface area contributed by atoms with Gasteiger partial charge in [-0.15, -0.1) is 0 Å². The number of halogens is 1. The monoisotopic (exact) mass is 436 g/mol. The molecule has 1 aromatic carbocycles. The predicted molar refractivity (Wildman–Crippen MR) is 102 cm³/mol. The molecule has 26 heavy (non-hydrogen) atoms. The standard InChI is InChI=1S/C16H17BrN6O2S/c1-12-21-15(11-16(22-12)23-10-2-7-19-23)18-8-9-20-26(24,25)14-5-3-13(17)4-6-14/h2-7,10-11,20H,8-9H2,1H3,(H,18,21,22). The third kappa shape index (κ3) is 4.65. The Kier molecular flexibility index (Phi) is 5.64. The number of hydrogen-bond donors (Lipinski definition) is 2. The van der Waals surface area contributed by atoms with Crippen LogP contribution >= 0.6 is 15.9 Å². The molecule has 0 bridgehead atoms. The Labute approximate surface area is 159 Å². The van der Waals surface area contributed by atoms with Gasteiger partial charge in [0.2, 0.25) is 10.0 Å². The zero-order valence-corrected chi connectivity index (χ0v) is 16.3. The molecule has 136 valence electrons. The van der Waals surface area contributed by atoms with Gasteiger partial charge in [-0.25, -0.2) is 27.8 Å². The molecule has 10 heteroatoms. The van der Waals surface area contributed by atoms with E-state index in [-0.39, 0.29) is 11.4 Å². The summed E-state index contributed by atoms with van der Waals surface area (Å²) in [6.07, 6.45) is 3.46. The van der Waals surface area contributed by atoms with Crippen LogP contribution in [0.4, 0.5) is 5.82 Å². The van der Waals surface area contributed by atoms with E-state index in [2.05, 4.69) is 41.0 Å². The van der Waals surface area contributed by atoms with Crippen LogP contribution in [0.2, 0.25) is 0 Å². The Morgan fingerprint density at radius 2 is 1.92 bits per heavy atom. The van der Waals surface area contributed by atoms with Crippen LogP contribution in [0.15, 0.2) is 58.2 Å². The lowest BCUT2D eigenvalue weighted by Crippen LogP contribution is -2.29. The molecule has 0 fully saturated rings. The fraction of sp³-hybridized carbons (Fsp3) is 0.188. The van der Waals surface area contributed by atoms with Crippen molar-refractivity contribution in [2.75, 3.05) is 18.4 Å². The van der Waals surface area contributed by atoms with E-state index in [0.29, 0.717) is 24.0 Å². The average Bonchev–Trinajstić information content (AvgIpc) is 3.13. The first kappa shape index (κ1) is 18.5. The highest BCUT2D eigenvalue weighted by atomic mass is 79.9. The smallest absolute Gasteiger partial charge is 0.240 e. The number of aryl methyl sites for hydroxylation is 1. The molecule has 0 amide bonds. The number of nitrogens with zero attached hydrogens (tertiary/aromatic N) is 4. The van der Waals surface area contributed by atoms with Crippen LogP contribution in [0.1, 0.15) is 5.82 Å². The number of anilines is 1. The summed E-state index contributed by atoms with van der Waals surface area (Å²) >= 11 is 3.28. The molecule has 0 atom stereocenters. The molecule has 2 aromatic heterocycles. The molecule has 0 aliphatic carbocycles. The lowest BCUT2D eigenvalue weighted by molar-refractivity contribution is 0.583. The largest absolute Gasteiger partial charge is 0.369 e. The molecule has 0 aliphatic rings. The van der Waals surface area contributed by atoms with Gasteiger partial charge < -0.3 is 5.32 Å². The van der Waals surface area contributed by atoms with Gasteiger partial charge in [0.15, 0.2) is 5.82 Å². The SMILES string of the molecule is Cc1nc(NCCNS(=O)(=O)c2ccc(Br)cc2)cc(-n2cccn2)n1. The van der Waals surface area contributed by atoms with E-state index >= 15 is 0 Å². The van der Waals surface area contributed by atoms with Crippen molar-refractivity contribution in [1.29, 1.82) is 0 Å². The number of aromatic nitrogens is 4. The highest BCUT2D eigenvalue weighted by Crippen LogP contribution is 2.14. The van der Waals surface area contributed by atoms with Crippen molar-refractivity contribution >= 4 is 31.8 Å². The molecule has 0 radical (unpaired) electrons. The van der Waals surface area contributed by atoms with E-state index in [1.807, 2.05) is 0 Å².